The van der Waals surface area contributed by atoms with E-state index in [1.54, 1.807) is 0 Å². The van der Waals surface area contributed by atoms with Crippen molar-refractivity contribution in [1.82, 2.24) is 0 Å². The van der Waals surface area contributed by atoms with Crippen LogP contribution >= 0.6 is 0 Å². The minimum Gasteiger partial charge on any atom is -0.458 e. The molecule has 0 aliphatic rings. The first-order chi connectivity index (χ1) is 10.6. The zero-order valence-electron chi connectivity index (χ0n) is 13.1. The Morgan fingerprint density at radius 1 is 1.09 bits per heavy atom. The van der Waals surface area contributed by atoms with Gasteiger partial charge in [0, 0.05) is 24.0 Å². The van der Waals surface area contributed by atoms with Gasteiger partial charge in [0.1, 0.15) is 6.61 Å². The maximum Gasteiger partial charge on any atom is 0.330 e. The Hall–Kier alpha value is -2.55. The van der Waals surface area contributed by atoms with Crippen LogP contribution in [0.3, 0.4) is 0 Å². The van der Waals surface area contributed by atoms with Crippen LogP contribution in [0.2, 0.25) is 0 Å². The maximum absolute atomic E-state index is 11.1. The average Bonchev–Trinajstić information content (AvgIpc) is 2.56. The molecule has 0 aliphatic heterocycles. The molecule has 0 saturated carbocycles. The summed E-state index contributed by atoms with van der Waals surface area (Å²) in [7, 11) is 0. The zero-order valence-corrected chi connectivity index (χ0v) is 13.1. The molecular formula is C19H21NO2. The maximum atomic E-state index is 11.1. The van der Waals surface area contributed by atoms with Crippen LogP contribution in [-0.4, -0.2) is 12.5 Å². The molecule has 22 heavy (non-hydrogen) atoms. The molecule has 0 heterocycles. The van der Waals surface area contributed by atoms with Crippen LogP contribution in [-0.2, 0) is 16.1 Å². The molecule has 2 aromatic rings. The number of rotatable bonds is 6. The molecule has 114 valence electrons. The Kier molecular flexibility index (Phi) is 5.37. The molecule has 3 nitrogen and oxygen atoms in total. The highest BCUT2D eigenvalue weighted by Gasteiger charge is 2.07. The molecule has 0 radical (unpaired) electrons. The number of anilines is 2. The standard InChI is InChI=1S/C19H21NO2/c1-4-19(21)22-14-16-8-12-18(13-9-16)20(5-2)17-10-6-15(3)7-11-17/h4,6-13H,1,5,14H2,2-3H3. The first-order valence-corrected chi connectivity index (χ1v) is 7.36. The van der Waals surface area contributed by atoms with E-state index in [0.717, 1.165) is 17.8 Å². The van der Waals surface area contributed by atoms with Crippen molar-refractivity contribution in [2.45, 2.75) is 20.5 Å². The van der Waals surface area contributed by atoms with Crippen molar-refractivity contribution in [3.05, 3.63) is 72.3 Å². The van der Waals surface area contributed by atoms with Gasteiger partial charge in [-0.1, -0.05) is 36.4 Å². The summed E-state index contributed by atoms with van der Waals surface area (Å²) in [4.78, 5) is 13.3. The molecule has 0 unspecified atom stereocenters. The van der Waals surface area contributed by atoms with E-state index >= 15 is 0 Å². The van der Waals surface area contributed by atoms with Gasteiger partial charge in [0.05, 0.1) is 0 Å². The lowest BCUT2D eigenvalue weighted by atomic mass is 10.1. The van der Waals surface area contributed by atoms with E-state index in [0.29, 0.717) is 0 Å². The highest BCUT2D eigenvalue weighted by molar-refractivity contribution is 5.81. The van der Waals surface area contributed by atoms with E-state index < -0.39 is 5.97 Å². The fourth-order valence-electron chi connectivity index (χ4n) is 2.22. The first-order valence-electron chi connectivity index (χ1n) is 7.36. The number of esters is 1. The van der Waals surface area contributed by atoms with Crippen molar-refractivity contribution in [3.8, 4) is 0 Å². The second-order valence-corrected chi connectivity index (χ2v) is 5.06. The Morgan fingerprint density at radius 2 is 1.64 bits per heavy atom. The van der Waals surface area contributed by atoms with E-state index in [-0.39, 0.29) is 6.61 Å². The van der Waals surface area contributed by atoms with E-state index in [9.17, 15) is 4.79 Å². The Labute approximate surface area is 131 Å². The molecule has 0 atom stereocenters. The highest BCUT2D eigenvalue weighted by atomic mass is 16.5. The third kappa shape index (κ3) is 3.98. The van der Waals surface area contributed by atoms with Gasteiger partial charge >= 0.3 is 5.97 Å². The van der Waals surface area contributed by atoms with E-state index in [1.807, 2.05) is 24.3 Å². The molecule has 2 rings (SSSR count). The molecule has 0 amide bonds. The van der Waals surface area contributed by atoms with Crippen LogP contribution in [0.1, 0.15) is 18.1 Å². The highest BCUT2D eigenvalue weighted by Crippen LogP contribution is 2.25. The van der Waals surface area contributed by atoms with Crippen molar-refractivity contribution in [3.63, 3.8) is 0 Å². The zero-order chi connectivity index (χ0) is 15.9. The van der Waals surface area contributed by atoms with E-state index in [2.05, 4.69) is 49.6 Å². The van der Waals surface area contributed by atoms with Gasteiger partial charge in [-0.2, -0.15) is 0 Å². The summed E-state index contributed by atoms with van der Waals surface area (Å²) in [6.45, 7) is 8.74. The van der Waals surface area contributed by atoms with Crippen LogP contribution in [0, 0.1) is 6.92 Å². The van der Waals surface area contributed by atoms with Crippen molar-refractivity contribution in [1.29, 1.82) is 0 Å². The quantitative estimate of drug-likeness (QED) is 0.585. The molecule has 0 fully saturated rings. The third-order valence-electron chi connectivity index (χ3n) is 3.46. The number of aryl methyl sites for hydroxylation is 1. The Bertz CT molecular complexity index is 629. The van der Waals surface area contributed by atoms with Gasteiger partial charge in [-0.15, -0.1) is 0 Å². The third-order valence-corrected chi connectivity index (χ3v) is 3.46. The summed E-state index contributed by atoms with van der Waals surface area (Å²) in [5.74, 6) is -0.404. The molecule has 0 aromatic heterocycles. The van der Waals surface area contributed by atoms with Gasteiger partial charge < -0.3 is 9.64 Å². The summed E-state index contributed by atoms with van der Waals surface area (Å²) >= 11 is 0. The van der Waals surface area contributed by atoms with Gasteiger partial charge in [-0.3, -0.25) is 0 Å². The molecule has 0 spiro atoms. The number of ether oxygens (including phenoxy) is 1. The van der Waals surface area contributed by atoms with Gasteiger partial charge in [0.25, 0.3) is 0 Å². The van der Waals surface area contributed by atoms with Gasteiger partial charge in [-0.05, 0) is 43.7 Å². The molecule has 0 bridgehead atoms. The number of hydrogen-bond donors (Lipinski definition) is 0. The van der Waals surface area contributed by atoms with Crippen molar-refractivity contribution < 1.29 is 9.53 Å². The average molecular weight is 295 g/mol. The summed E-state index contributed by atoms with van der Waals surface area (Å²) in [6, 6.07) is 16.5. The molecule has 2 aromatic carbocycles. The van der Waals surface area contributed by atoms with E-state index in [4.69, 9.17) is 4.74 Å². The number of hydrogen-bond acceptors (Lipinski definition) is 3. The van der Waals surface area contributed by atoms with Crippen LogP contribution in [0.5, 0.6) is 0 Å². The van der Waals surface area contributed by atoms with Crippen LogP contribution in [0.4, 0.5) is 11.4 Å². The second kappa shape index (κ2) is 7.46. The molecule has 3 heteroatoms. The molecule has 0 aliphatic carbocycles. The lowest BCUT2D eigenvalue weighted by Gasteiger charge is -2.23. The predicted octanol–water partition coefficient (Wildman–Crippen LogP) is 4.38. The lowest BCUT2D eigenvalue weighted by Crippen LogP contribution is -2.15. The fourth-order valence-corrected chi connectivity index (χ4v) is 2.22. The second-order valence-electron chi connectivity index (χ2n) is 5.06. The SMILES string of the molecule is C=CC(=O)OCc1ccc(N(CC)c2ccc(C)cc2)cc1. The Morgan fingerprint density at radius 3 is 2.14 bits per heavy atom. The monoisotopic (exact) mass is 295 g/mol. The van der Waals surface area contributed by atoms with E-state index in [1.165, 1.54) is 17.3 Å². The Balaban J connectivity index is 2.11. The summed E-state index contributed by atoms with van der Waals surface area (Å²) in [5.41, 5.74) is 4.49. The van der Waals surface area contributed by atoms with Gasteiger partial charge in [0.2, 0.25) is 0 Å². The van der Waals surface area contributed by atoms with Crippen LogP contribution < -0.4 is 4.90 Å². The number of carbonyl (C=O) groups is 1. The minimum absolute atomic E-state index is 0.266. The molecular weight excluding hydrogens is 274 g/mol. The molecule has 0 N–H and O–H groups in total. The molecule has 0 saturated heterocycles. The first kappa shape index (κ1) is 15.8. The lowest BCUT2D eigenvalue weighted by molar-refractivity contribution is -0.138. The number of nitrogens with zero attached hydrogens (tertiary/aromatic N) is 1. The topological polar surface area (TPSA) is 29.5 Å². The number of benzene rings is 2. The van der Waals surface area contributed by atoms with Gasteiger partial charge in [0.15, 0.2) is 0 Å². The summed E-state index contributed by atoms with van der Waals surface area (Å²) < 4.78 is 5.03. The van der Waals surface area contributed by atoms with Gasteiger partial charge in [-0.25, -0.2) is 4.79 Å². The minimum atomic E-state index is -0.404. The van der Waals surface area contributed by atoms with Crippen LogP contribution in [0.25, 0.3) is 0 Å². The van der Waals surface area contributed by atoms with Crippen LogP contribution in [0.15, 0.2) is 61.2 Å². The summed E-state index contributed by atoms with van der Waals surface area (Å²) in [6.07, 6.45) is 1.17. The largest absolute Gasteiger partial charge is 0.458 e. The predicted molar refractivity (Wildman–Crippen MR) is 90.3 cm³/mol. The van der Waals surface area contributed by atoms with Crippen molar-refractivity contribution in [2.24, 2.45) is 0 Å². The fraction of sp³-hybridized carbons (Fsp3) is 0.211. The van der Waals surface area contributed by atoms with Crippen molar-refractivity contribution in [2.75, 3.05) is 11.4 Å². The summed E-state index contributed by atoms with van der Waals surface area (Å²) in [5, 5.41) is 0. The number of carbonyl (C=O) groups excluding carboxylic acids is 1. The van der Waals surface area contributed by atoms with Crippen molar-refractivity contribution >= 4 is 17.3 Å². The normalized spacial score (nSPS) is 10.1. The smallest absolute Gasteiger partial charge is 0.330 e.